The predicted molar refractivity (Wildman–Crippen MR) is 97.0 cm³/mol. The standard InChI is InChI=1S/C18H22BrNS/c1-4-20-11-16-5-6-17(19)10-18(16)21-12-15-8-13(2)7-14(3)9-15/h5-10,20H,4,11-12H2,1-3H3. The van der Waals surface area contributed by atoms with E-state index in [0.717, 1.165) is 23.3 Å². The van der Waals surface area contributed by atoms with E-state index in [4.69, 9.17) is 0 Å². The van der Waals surface area contributed by atoms with Gasteiger partial charge in [-0.15, -0.1) is 11.8 Å². The molecule has 1 N–H and O–H groups in total. The normalized spacial score (nSPS) is 10.9. The van der Waals surface area contributed by atoms with Crippen LogP contribution in [0.3, 0.4) is 0 Å². The maximum atomic E-state index is 3.58. The minimum Gasteiger partial charge on any atom is -0.313 e. The summed E-state index contributed by atoms with van der Waals surface area (Å²) in [5.41, 5.74) is 5.45. The van der Waals surface area contributed by atoms with Crippen LogP contribution in [0.5, 0.6) is 0 Å². The average Bonchev–Trinajstić information content (AvgIpc) is 2.43. The molecule has 0 fully saturated rings. The van der Waals surface area contributed by atoms with Gasteiger partial charge in [0.25, 0.3) is 0 Å². The molecular weight excluding hydrogens is 342 g/mol. The fourth-order valence-corrected chi connectivity index (χ4v) is 3.92. The second kappa shape index (κ2) is 8.02. The average molecular weight is 364 g/mol. The zero-order chi connectivity index (χ0) is 15.2. The molecule has 0 aliphatic carbocycles. The molecule has 2 aromatic carbocycles. The molecule has 0 aliphatic rings. The minimum atomic E-state index is 0.930. The first-order valence-corrected chi connectivity index (χ1v) is 9.05. The maximum absolute atomic E-state index is 3.58. The molecule has 2 aromatic rings. The van der Waals surface area contributed by atoms with E-state index in [-0.39, 0.29) is 0 Å². The van der Waals surface area contributed by atoms with Crippen molar-refractivity contribution in [2.24, 2.45) is 0 Å². The number of hydrogen-bond donors (Lipinski definition) is 1. The zero-order valence-electron chi connectivity index (χ0n) is 12.9. The van der Waals surface area contributed by atoms with E-state index < -0.39 is 0 Å². The SMILES string of the molecule is CCNCc1ccc(Br)cc1SCc1cc(C)cc(C)c1. The highest BCUT2D eigenvalue weighted by atomic mass is 79.9. The third-order valence-corrected chi connectivity index (χ3v) is 4.93. The molecule has 0 saturated carbocycles. The monoisotopic (exact) mass is 363 g/mol. The summed E-state index contributed by atoms with van der Waals surface area (Å²) in [6.45, 7) is 8.39. The smallest absolute Gasteiger partial charge is 0.0232 e. The Morgan fingerprint density at radius 1 is 1.05 bits per heavy atom. The second-order valence-electron chi connectivity index (χ2n) is 5.32. The van der Waals surface area contributed by atoms with E-state index in [2.05, 4.69) is 78.4 Å². The number of benzene rings is 2. The molecule has 1 nitrogen and oxygen atoms in total. The van der Waals surface area contributed by atoms with Crippen molar-refractivity contribution in [3.8, 4) is 0 Å². The van der Waals surface area contributed by atoms with Crippen LogP contribution in [-0.2, 0) is 12.3 Å². The Bertz CT molecular complexity index is 590. The Morgan fingerprint density at radius 2 is 1.76 bits per heavy atom. The van der Waals surface area contributed by atoms with Crippen LogP contribution < -0.4 is 5.32 Å². The van der Waals surface area contributed by atoms with Crippen molar-refractivity contribution >= 4 is 27.7 Å². The summed E-state index contributed by atoms with van der Waals surface area (Å²) >= 11 is 5.49. The highest BCUT2D eigenvalue weighted by Crippen LogP contribution is 2.29. The van der Waals surface area contributed by atoms with Gasteiger partial charge in [0.15, 0.2) is 0 Å². The molecule has 0 aliphatic heterocycles. The third-order valence-electron chi connectivity index (χ3n) is 3.27. The lowest BCUT2D eigenvalue weighted by molar-refractivity contribution is 0.718. The van der Waals surface area contributed by atoms with Crippen LogP contribution in [0.4, 0.5) is 0 Å². The first kappa shape index (κ1) is 16.6. The zero-order valence-corrected chi connectivity index (χ0v) is 15.3. The molecule has 0 atom stereocenters. The predicted octanol–water partition coefficient (Wildman–Crippen LogP) is 5.47. The summed E-state index contributed by atoms with van der Waals surface area (Å²) in [6.07, 6.45) is 0. The van der Waals surface area contributed by atoms with Crippen LogP contribution in [0.25, 0.3) is 0 Å². The van der Waals surface area contributed by atoms with Gasteiger partial charge >= 0.3 is 0 Å². The van der Waals surface area contributed by atoms with E-state index in [1.165, 1.54) is 27.1 Å². The van der Waals surface area contributed by atoms with Crippen LogP contribution in [-0.4, -0.2) is 6.54 Å². The molecule has 0 bridgehead atoms. The van der Waals surface area contributed by atoms with Gasteiger partial charge in [-0.3, -0.25) is 0 Å². The number of thioether (sulfide) groups is 1. The van der Waals surface area contributed by atoms with Gasteiger partial charge in [0.1, 0.15) is 0 Å². The van der Waals surface area contributed by atoms with Gasteiger partial charge < -0.3 is 5.32 Å². The van der Waals surface area contributed by atoms with Crippen LogP contribution in [0.1, 0.15) is 29.2 Å². The minimum absolute atomic E-state index is 0.930. The summed E-state index contributed by atoms with van der Waals surface area (Å²) in [5, 5.41) is 3.41. The van der Waals surface area contributed by atoms with Crippen molar-refractivity contribution in [2.75, 3.05) is 6.54 Å². The van der Waals surface area contributed by atoms with Crippen LogP contribution in [0.2, 0.25) is 0 Å². The molecule has 0 amide bonds. The molecular formula is C18H22BrNS. The fourth-order valence-electron chi connectivity index (χ4n) is 2.38. The highest BCUT2D eigenvalue weighted by Gasteiger charge is 2.05. The first-order valence-electron chi connectivity index (χ1n) is 7.27. The molecule has 0 spiro atoms. The van der Waals surface area contributed by atoms with E-state index in [0.29, 0.717) is 0 Å². The van der Waals surface area contributed by atoms with E-state index in [9.17, 15) is 0 Å². The Kier molecular flexibility index (Phi) is 6.34. The van der Waals surface area contributed by atoms with E-state index in [1.807, 2.05) is 11.8 Å². The largest absolute Gasteiger partial charge is 0.313 e. The van der Waals surface area contributed by atoms with Gasteiger partial charge in [-0.2, -0.15) is 0 Å². The Morgan fingerprint density at radius 3 is 2.43 bits per heavy atom. The second-order valence-corrected chi connectivity index (χ2v) is 7.25. The van der Waals surface area contributed by atoms with Gasteiger partial charge in [-0.05, 0) is 43.7 Å². The van der Waals surface area contributed by atoms with Gasteiger partial charge in [0.2, 0.25) is 0 Å². The molecule has 0 saturated heterocycles. The quantitative estimate of drug-likeness (QED) is 0.683. The van der Waals surface area contributed by atoms with Gasteiger partial charge in [0, 0.05) is 21.7 Å². The Labute approximate surface area is 140 Å². The van der Waals surface area contributed by atoms with Crippen LogP contribution >= 0.6 is 27.7 Å². The summed E-state index contributed by atoms with van der Waals surface area (Å²) in [7, 11) is 0. The number of hydrogen-bond acceptors (Lipinski definition) is 2. The van der Waals surface area contributed by atoms with Crippen molar-refractivity contribution in [3.63, 3.8) is 0 Å². The number of aryl methyl sites for hydroxylation is 2. The van der Waals surface area contributed by atoms with Crippen LogP contribution in [0, 0.1) is 13.8 Å². The van der Waals surface area contributed by atoms with E-state index in [1.54, 1.807) is 0 Å². The van der Waals surface area contributed by atoms with Crippen LogP contribution in [0.15, 0.2) is 45.8 Å². The molecule has 112 valence electrons. The summed E-state index contributed by atoms with van der Waals surface area (Å²) in [4.78, 5) is 1.35. The lowest BCUT2D eigenvalue weighted by Gasteiger charge is -2.11. The fraction of sp³-hybridized carbons (Fsp3) is 0.333. The van der Waals surface area contributed by atoms with Gasteiger partial charge in [-0.1, -0.05) is 58.2 Å². The highest BCUT2D eigenvalue weighted by molar-refractivity contribution is 9.10. The van der Waals surface area contributed by atoms with Gasteiger partial charge in [0.05, 0.1) is 0 Å². The number of nitrogens with one attached hydrogen (secondary N) is 1. The Balaban J connectivity index is 2.12. The van der Waals surface area contributed by atoms with Gasteiger partial charge in [-0.25, -0.2) is 0 Å². The topological polar surface area (TPSA) is 12.0 Å². The number of rotatable bonds is 6. The summed E-state index contributed by atoms with van der Waals surface area (Å²) in [6, 6.07) is 13.3. The third kappa shape index (κ3) is 5.17. The molecule has 21 heavy (non-hydrogen) atoms. The van der Waals surface area contributed by atoms with Crippen molar-refractivity contribution in [2.45, 2.75) is 38.0 Å². The van der Waals surface area contributed by atoms with Crippen molar-refractivity contribution in [1.29, 1.82) is 0 Å². The molecule has 0 aromatic heterocycles. The number of halogens is 1. The van der Waals surface area contributed by atoms with E-state index >= 15 is 0 Å². The Hall–Kier alpha value is -0.770. The first-order chi connectivity index (χ1) is 10.1. The lowest BCUT2D eigenvalue weighted by Crippen LogP contribution is -2.12. The van der Waals surface area contributed by atoms with Crippen molar-refractivity contribution < 1.29 is 0 Å². The summed E-state index contributed by atoms with van der Waals surface area (Å²) < 4.78 is 1.14. The molecule has 3 heteroatoms. The van der Waals surface area contributed by atoms with Crippen molar-refractivity contribution in [3.05, 3.63) is 63.1 Å². The van der Waals surface area contributed by atoms with Crippen molar-refractivity contribution in [1.82, 2.24) is 5.32 Å². The maximum Gasteiger partial charge on any atom is 0.0232 e. The molecule has 0 heterocycles. The molecule has 0 unspecified atom stereocenters. The lowest BCUT2D eigenvalue weighted by atomic mass is 10.1. The summed E-state index contributed by atoms with van der Waals surface area (Å²) in [5.74, 6) is 1.01. The molecule has 0 radical (unpaired) electrons. The molecule has 2 rings (SSSR count).